The number of phosphoric acid groups is 2. The third kappa shape index (κ3) is 75.9. The van der Waals surface area contributed by atoms with Crippen LogP contribution in [0.3, 0.4) is 0 Å². The lowest BCUT2D eigenvalue weighted by Gasteiger charge is -2.21. The molecule has 0 aromatic rings. The van der Waals surface area contributed by atoms with Crippen LogP contribution in [0.5, 0.6) is 0 Å². The maximum absolute atomic E-state index is 13.1. The number of phosphoric ester groups is 2. The molecule has 5 unspecified atom stereocenters. The van der Waals surface area contributed by atoms with E-state index in [0.29, 0.717) is 32.1 Å². The number of hydrogen-bond donors (Lipinski definition) is 3. The molecule has 0 aliphatic heterocycles. The maximum atomic E-state index is 13.1. The summed E-state index contributed by atoms with van der Waals surface area (Å²) in [4.78, 5) is 72.9. The van der Waals surface area contributed by atoms with Gasteiger partial charge in [0, 0.05) is 19.3 Å². The zero-order chi connectivity index (χ0) is 77.4. The number of rotatable bonds is 71. The molecule has 0 rings (SSSR count). The highest BCUT2D eigenvalue weighted by molar-refractivity contribution is 7.47. The quantitative estimate of drug-likeness (QED) is 0.0169. The first-order valence-corrected chi connectivity index (χ1v) is 42.3. The lowest BCUT2D eigenvalue weighted by atomic mass is 10.1. The van der Waals surface area contributed by atoms with E-state index in [1.54, 1.807) is 6.08 Å². The Labute approximate surface area is 639 Å². The fraction of sp³-hybridized carbons (Fsp3) is 0.563. The monoisotopic (exact) mass is 1510 g/mol. The average molecular weight is 1520 g/mol. The summed E-state index contributed by atoms with van der Waals surface area (Å²) in [6, 6.07) is 0. The predicted octanol–water partition coefficient (Wildman–Crippen LogP) is 23.1. The largest absolute Gasteiger partial charge is 0.472 e. The van der Waals surface area contributed by atoms with Crippen LogP contribution in [-0.4, -0.2) is 96.7 Å². The third-order valence-electron chi connectivity index (χ3n) is 15.3. The SMILES string of the molecule is CC/C=C\C/C=C\C/C=C\C/C=C\C/C=C\C/C=C\CCC(=O)OCC(COP(=O)(O)OCC(O)COP(=O)(O)OCC(COC(=O)C/C=C\C/C=C\C/C=C\C/C=C\C/C=C\CC)OC(=O)CCCCCCC/C=C\C/C=C\CCC)OC(=O)CCCCCCCC/C=C\C/C=C\C/C=C\C/C=C\CC. The molecule has 19 heteroatoms. The van der Waals surface area contributed by atoms with Gasteiger partial charge in [-0.1, -0.05) is 286 Å². The van der Waals surface area contributed by atoms with E-state index in [1.807, 2.05) is 36.5 Å². The van der Waals surface area contributed by atoms with Gasteiger partial charge in [0.15, 0.2) is 12.2 Å². The molecule has 0 aromatic carbocycles. The summed E-state index contributed by atoms with van der Waals surface area (Å²) in [5.41, 5.74) is 0. The predicted molar refractivity (Wildman–Crippen MR) is 435 cm³/mol. The lowest BCUT2D eigenvalue weighted by Crippen LogP contribution is -2.30. The van der Waals surface area contributed by atoms with Gasteiger partial charge >= 0.3 is 39.5 Å². The maximum Gasteiger partial charge on any atom is 0.472 e. The molecule has 0 bridgehead atoms. The van der Waals surface area contributed by atoms with Crippen molar-refractivity contribution in [2.75, 3.05) is 39.6 Å². The first kappa shape index (κ1) is 99.6. The van der Waals surface area contributed by atoms with Crippen molar-refractivity contribution in [1.82, 2.24) is 0 Å². The first-order chi connectivity index (χ1) is 51.7. The van der Waals surface area contributed by atoms with Crippen LogP contribution in [0.25, 0.3) is 0 Å². The van der Waals surface area contributed by atoms with Crippen LogP contribution in [-0.2, 0) is 65.4 Å². The number of esters is 4. The van der Waals surface area contributed by atoms with Crippen molar-refractivity contribution in [2.24, 2.45) is 0 Å². The Balaban J connectivity index is 5.54. The number of aliphatic hydroxyl groups is 1. The lowest BCUT2D eigenvalue weighted by molar-refractivity contribution is -0.161. The van der Waals surface area contributed by atoms with Gasteiger partial charge in [-0.25, -0.2) is 9.13 Å². The van der Waals surface area contributed by atoms with Gasteiger partial charge in [-0.15, -0.1) is 0 Å². The van der Waals surface area contributed by atoms with Crippen LogP contribution in [0.2, 0.25) is 0 Å². The second kappa shape index (κ2) is 76.8. The smallest absolute Gasteiger partial charge is 0.462 e. The molecule has 0 radical (unpaired) electrons. The molecule has 17 nitrogen and oxygen atoms in total. The number of unbranched alkanes of at least 4 members (excludes halogenated alkanes) is 12. The van der Waals surface area contributed by atoms with Gasteiger partial charge in [0.05, 0.1) is 32.8 Å². The fourth-order valence-electron chi connectivity index (χ4n) is 9.41. The second-order valence-corrected chi connectivity index (χ2v) is 28.1. The molecule has 0 saturated carbocycles. The number of carbonyl (C=O) groups is 4. The summed E-state index contributed by atoms with van der Waals surface area (Å²) in [5.74, 6) is -2.48. The Morgan fingerprint density at radius 1 is 0.283 bits per heavy atom. The van der Waals surface area contributed by atoms with Crippen LogP contribution in [0.15, 0.2) is 207 Å². The van der Waals surface area contributed by atoms with Crippen molar-refractivity contribution < 1.29 is 80.2 Å². The molecular weight excluding hydrogens is 1380 g/mol. The summed E-state index contributed by atoms with van der Waals surface area (Å²) in [5, 5.41) is 10.6. The van der Waals surface area contributed by atoms with Crippen LogP contribution in [0, 0.1) is 0 Å². The highest BCUT2D eigenvalue weighted by atomic mass is 31.2. The van der Waals surface area contributed by atoms with Gasteiger partial charge in [-0.05, 0) is 154 Å². The highest BCUT2D eigenvalue weighted by Crippen LogP contribution is 2.45. The minimum absolute atomic E-state index is 0.0219. The summed E-state index contributed by atoms with van der Waals surface area (Å²) < 4.78 is 68.3. The summed E-state index contributed by atoms with van der Waals surface area (Å²) >= 11 is 0. The molecule has 0 aromatic heterocycles. The Hall–Kier alpha value is -6.36. The van der Waals surface area contributed by atoms with Gasteiger partial charge in [0.1, 0.15) is 19.3 Å². The second-order valence-electron chi connectivity index (χ2n) is 25.2. The van der Waals surface area contributed by atoms with E-state index >= 15 is 0 Å². The fourth-order valence-corrected chi connectivity index (χ4v) is 11.0. The Morgan fingerprint density at radius 3 is 0.877 bits per heavy atom. The van der Waals surface area contributed by atoms with E-state index < -0.39 is 97.5 Å². The van der Waals surface area contributed by atoms with Gasteiger partial charge < -0.3 is 33.8 Å². The Bertz CT molecular complexity index is 2830. The molecular formula is C87H136O17P2. The molecule has 0 saturated heterocycles. The summed E-state index contributed by atoms with van der Waals surface area (Å²) in [6.07, 6.45) is 95.7. The number of aliphatic hydroxyl groups excluding tert-OH is 1. The van der Waals surface area contributed by atoms with E-state index in [1.165, 1.54) is 0 Å². The van der Waals surface area contributed by atoms with Crippen LogP contribution < -0.4 is 0 Å². The molecule has 0 fully saturated rings. The van der Waals surface area contributed by atoms with E-state index in [9.17, 15) is 43.2 Å². The number of carbonyl (C=O) groups excluding carboxylic acids is 4. The number of ether oxygens (including phenoxy) is 4. The molecule has 0 spiro atoms. The van der Waals surface area contributed by atoms with Gasteiger partial charge in [-0.3, -0.25) is 37.3 Å². The third-order valence-corrected chi connectivity index (χ3v) is 17.2. The van der Waals surface area contributed by atoms with Gasteiger partial charge in [-0.2, -0.15) is 0 Å². The molecule has 3 N–H and O–H groups in total. The Kier molecular flexibility index (Phi) is 72.2. The topological polar surface area (TPSA) is 237 Å². The normalized spacial score (nSPS) is 15.0. The zero-order valence-electron chi connectivity index (χ0n) is 65.0. The van der Waals surface area contributed by atoms with E-state index in [2.05, 4.69) is 192 Å². The van der Waals surface area contributed by atoms with Crippen LogP contribution >= 0.6 is 15.6 Å². The van der Waals surface area contributed by atoms with E-state index in [0.717, 1.165) is 173 Å². The molecule has 0 aliphatic rings. The van der Waals surface area contributed by atoms with Crippen molar-refractivity contribution in [3.05, 3.63) is 207 Å². The van der Waals surface area contributed by atoms with Crippen LogP contribution in [0.1, 0.15) is 259 Å². The molecule has 0 heterocycles. The van der Waals surface area contributed by atoms with Crippen molar-refractivity contribution in [3.8, 4) is 0 Å². The van der Waals surface area contributed by atoms with Gasteiger partial charge in [0.25, 0.3) is 0 Å². The molecule has 0 amide bonds. The van der Waals surface area contributed by atoms with Crippen molar-refractivity contribution in [2.45, 2.75) is 277 Å². The number of hydrogen-bond acceptors (Lipinski definition) is 15. The molecule has 596 valence electrons. The molecule has 106 heavy (non-hydrogen) atoms. The minimum atomic E-state index is -5.02. The minimum Gasteiger partial charge on any atom is -0.462 e. The summed E-state index contributed by atoms with van der Waals surface area (Å²) in [6.45, 7) is 4.19. The molecule has 5 atom stereocenters. The van der Waals surface area contributed by atoms with Crippen molar-refractivity contribution >= 4 is 39.5 Å². The Morgan fingerprint density at radius 2 is 0.547 bits per heavy atom. The standard InChI is InChI=1S/C87H136O17P2/c1-5-9-13-17-21-25-29-33-36-38-40-42-45-49-52-56-60-64-68-72-85(90)98-78-83(104-87(92)74-70-66-62-58-54-50-46-43-41-39-37-34-30-26-22-18-14-10-6-2)80-102-106(95,96)100-76-81(88)75-99-105(93,94)101-79-82(103-86(91)73-69-65-61-57-53-47-32-28-24-20-16-12-8-4)77-97-84(89)71-67-63-59-55-51-48-44-35-31-27-23-19-15-11-7-3/h9-11,13-16,20-23,25-28,32-37,40-44,49,51-52,55,60,63-64,67,81-83,88H,5-8,12,17-19,24,29-31,38-39,45-48,50,53-54,56-59,61-62,65-66,68-80H2,1-4H3,(H,93,94)(H,95,96)/b13-9-,14-10-,15-11-,20-16-,25-21-,26-22-,27-23-,32-28-,36-33-,37-34-,42-40-,43-41-,44-35-,52-49-,55-51-,64-60-,67-63-. The van der Waals surface area contributed by atoms with Gasteiger partial charge in [0.2, 0.25) is 0 Å². The first-order valence-electron chi connectivity index (χ1n) is 39.3. The average Bonchev–Trinajstić information content (AvgIpc) is 0.903. The summed E-state index contributed by atoms with van der Waals surface area (Å²) in [7, 11) is -10.0. The zero-order valence-corrected chi connectivity index (χ0v) is 66.8. The van der Waals surface area contributed by atoms with E-state index in [-0.39, 0.29) is 25.7 Å². The highest BCUT2D eigenvalue weighted by Gasteiger charge is 2.30. The van der Waals surface area contributed by atoms with Crippen LogP contribution in [0.4, 0.5) is 0 Å². The van der Waals surface area contributed by atoms with E-state index in [4.69, 9.17) is 37.0 Å². The van der Waals surface area contributed by atoms with Crippen molar-refractivity contribution in [1.29, 1.82) is 0 Å². The molecule has 0 aliphatic carbocycles. The number of allylic oxidation sites excluding steroid dienone is 33. The van der Waals surface area contributed by atoms with Crippen molar-refractivity contribution in [3.63, 3.8) is 0 Å².